The van der Waals surface area contributed by atoms with E-state index < -0.39 is 12.3 Å². The molecule has 0 saturated carbocycles. The topological polar surface area (TPSA) is 57.7 Å². The first kappa shape index (κ1) is 18.7. The zero-order valence-corrected chi connectivity index (χ0v) is 13.4. The van der Waals surface area contributed by atoms with Crippen LogP contribution in [0.25, 0.3) is 11.1 Å². The summed E-state index contributed by atoms with van der Waals surface area (Å²) in [4.78, 5) is 15.7. The molecular weight excluding hydrogens is 339 g/mol. The number of halogens is 3. The van der Waals surface area contributed by atoms with Crippen LogP contribution in [0, 0.1) is 0 Å². The number of carbonyl (C=O) groups is 1. The highest BCUT2D eigenvalue weighted by atomic mass is 19.4. The van der Waals surface area contributed by atoms with Crippen LogP contribution in [-0.4, -0.2) is 37.6 Å². The lowest BCUT2D eigenvalue weighted by molar-refractivity contribution is -0.274. The molecule has 0 N–H and O–H groups in total. The van der Waals surface area contributed by atoms with Crippen molar-refractivity contribution in [1.82, 2.24) is 4.98 Å². The van der Waals surface area contributed by atoms with Crippen LogP contribution in [0.4, 0.5) is 13.2 Å². The van der Waals surface area contributed by atoms with E-state index in [1.165, 1.54) is 37.7 Å². The Morgan fingerprint density at radius 1 is 1.12 bits per heavy atom. The third-order valence-electron chi connectivity index (χ3n) is 3.09. The minimum absolute atomic E-state index is 0.00327. The Hall–Kier alpha value is -2.61. The van der Waals surface area contributed by atoms with E-state index in [9.17, 15) is 18.0 Å². The van der Waals surface area contributed by atoms with Gasteiger partial charge >= 0.3 is 12.3 Å². The Morgan fingerprint density at radius 2 is 1.92 bits per heavy atom. The molecule has 25 heavy (non-hydrogen) atoms. The summed E-state index contributed by atoms with van der Waals surface area (Å²) < 4.78 is 50.6. The predicted octanol–water partition coefficient (Wildman–Crippen LogP) is 3.38. The quantitative estimate of drug-likeness (QED) is 0.563. The second-order valence-corrected chi connectivity index (χ2v) is 5.05. The number of pyridine rings is 1. The molecule has 1 heterocycles. The van der Waals surface area contributed by atoms with E-state index >= 15 is 0 Å². The summed E-state index contributed by atoms with van der Waals surface area (Å²) in [5.41, 5.74) is 1.64. The number of carbonyl (C=O) groups excluding carboxylic acids is 1. The molecule has 0 radical (unpaired) electrons. The number of alkyl halides is 3. The fourth-order valence-electron chi connectivity index (χ4n) is 2.07. The van der Waals surface area contributed by atoms with Gasteiger partial charge in [-0.05, 0) is 29.3 Å². The van der Waals surface area contributed by atoms with Crippen molar-refractivity contribution in [2.45, 2.75) is 12.8 Å². The fraction of sp³-hybridized carbons (Fsp3) is 0.294. The van der Waals surface area contributed by atoms with Crippen LogP contribution in [0.5, 0.6) is 5.75 Å². The standard InChI is InChI=1S/C17H16F3NO4/c1-23-5-6-24-16(22)8-12-7-14(11-21-10-12)13-3-2-4-15(9-13)25-17(18,19)20/h2-4,7,9-11H,5-6,8H2,1H3. The predicted molar refractivity (Wildman–Crippen MR) is 82.9 cm³/mol. The molecule has 0 atom stereocenters. The molecule has 0 amide bonds. The Bertz CT molecular complexity index is 719. The monoisotopic (exact) mass is 355 g/mol. The van der Waals surface area contributed by atoms with E-state index in [2.05, 4.69) is 9.72 Å². The van der Waals surface area contributed by atoms with Crippen LogP contribution in [0.2, 0.25) is 0 Å². The average Bonchev–Trinajstić information content (AvgIpc) is 2.54. The maximum atomic E-state index is 12.3. The molecule has 0 saturated heterocycles. The smallest absolute Gasteiger partial charge is 0.463 e. The van der Waals surface area contributed by atoms with Crippen LogP contribution in [0.1, 0.15) is 5.56 Å². The highest BCUT2D eigenvalue weighted by Gasteiger charge is 2.31. The lowest BCUT2D eigenvalue weighted by Gasteiger charge is -2.10. The Balaban J connectivity index is 2.10. The van der Waals surface area contributed by atoms with Gasteiger partial charge in [0.15, 0.2) is 0 Å². The van der Waals surface area contributed by atoms with Crippen molar-refractivity contribution in [3.8, 4) is 16.9 Å². The van der Waals surface area contributed by atoms with E-state index in [4.69, 9.17) is 9.47 Å². The van der Waals surface area contributed by atoms with E-state index in [0.29, 0.717) is 23.3 Å². The van der Waals surface area contributed by atoms with Crippen LogP contribution < -0.4 is 4.74 Å². The SMILES string of the molecule is COCCOC(=O)Cc1cncc(-c2cccc(OC(F)(F)F)c2)c1. The van der Waals surface area contributed by atoms with Crippen molar-refractivity contribution >= 4 is 5.97 Å². The summed E-state index contributed by atoms with van der Waals surface area (Å²) in [6.07, 6.45) is -1.77. The van der Waals surface area contributed by atoms with Gasteiger partial charge in [-0.15, -0.1) is 13.2 Å². The number of benzene rings is 1. The minimum atomic E-state index is -4.76. The van der Waals surface area contributed by atoms with Crippen molar-refractivity contribution < 1.29 is 32.2 Å². The fourth-order valence-corrected chi connectivity index (χ4v) is 2.07. The van der Waals surface area contributed by atoms with E-state index in [-0.39, 0.29) is 18.8 Å². The van der Waals surface area contributed by atoms with Gasteiger partial charge in [-0.25, -0.2) is 0 Å². The molecular formula is C17H16F3NO4. The van der Waals surface area contributed by atoms with Gasteiger partial charge in [0, 0.05) is 25.1 Å². The summed E-state index contributed by atoms with van der Waals surface area (Å²) in [6, 6.07) is 7.20. The van der Waals surface area contributed by atoms with Crippen LogP contribution in [0.3, 0.4) is 0 Å². The lowest BCUT2D eigenvalue weighted by atomic mass is 10.0. The van der Waals surface area contributed by atoms with Crippen molar-refractivity contribution in [2.75, 3.05) is 20.3 Å². The summed E-state index contributed by atoms with van der Waals surface area (Å²) in [6.45, 7) is 0.454. The number of aromatic nitrogens is 1. The number of rotatable bonds is 7. The number of hydrogen-bond donors (Lipinski definition) is 0. The normalized spacial score (nSPS) is 11.2. The van der Waals surface area contributed by atoms with E-state index in [0.717, 1.165) is 0 Å². The second-order valence-electron chi connectivity index (χ2n) is 5.05. The number of methoxy groups -OCH3 is 1. The number of esters is 1. The van der Waals surface area contributed by atoms with Crippen molar-refractivity contribution in [3.05, 3.63) is 48.3 Å². The molecule has 1 aromatic heterocycles. The lowest BCUT2D eigenvalue weighted by Crippen LogP contribution is -2.17. The van der Waals surface area contributed by atoms with Gasteiger partial charge in [0.1, 0.15) is 12.4 Å². The third kappa shape index (κ3) is 6.42. The molecule has 134 valence electrons. The minimum Gasteiger partial charge on any atom is -0.463 e. The Kier molecular flexibility index (Phi) is 6.35. The molecule has 1 aromatic carbocycles. The highest BCUT2D eigenvalue weighted by Crippen LogP contribution is 2.28. The van der Waals surface area contributed by atoms with Gasteiger partial charge in [-0.3, -0.25) is 9.78 Å². The van der Waals surface area contributed by atoms with Crippen LogP contribution >= 0.6 is 0 Å². The van der Waals surface area contributed by atoms with Gasteiger partial charge < -0.3 is 14.2 Å². The molecule has 2 rings (SSSR count). The highest BCUT2D eigenvalue weighted by molar-refractivity contribution is 5.73. The second kappa shape index (κ2) is 8.48. The van der Waals surface area contributed by atoms with E-state index in [1.54, 1.807) is 12.1 Å². The first-order chi connectivity index (χ1) is 11.9. The molecule has 8 heteroatoms. The molecule has 0 aliphatic carbocycles. The molecule has 2 aromatic rings. The molecule has 0 unspecified atom stereocenters. The Morgan fingerprint density at radius 3 is 2.64 bits per heavy atom. The van der Waals surface area contributed by atoms with Crippen molar-refractivity contribution in [2.24, 2.45) is 0 Å². The molecule has 0 aliphatic rings. The molecule has 0 aliphatic heterocycles. The van der Waals surface area contributed by atoms with Crippen molar-refractivity contribution in [3.63, 3.8) is 0 Å². The zero-order chi connectivity index (χ0) is 18.3. The molecule has 0 fully saturated rings. The zero-order valence-electron chi connectivity index (χ0n) is 13.4. The molecule has 0 bridgehead atoms. The Labute approximate surface area is 142 Å². The maximum Gasteiger partial charge on any atom is 0.573 e. The summed E-state index contributed by atoms with van der Waals surface area (Å²) in [7, 11) is 1.50. The summed E-state index contributed by atoms with van der Waals surface area (Å²) >= 11 is 0. The summed E-state index contributed by atoms with van der Waals surface area (Å²) in [5, 5.41) is 0. The van der Waals surface area contributed by atoms with Crippen LogP contribution in [-0.2, 0) is 20.7 Å². The van der Waals surface area contributed by atoms with E-state index in [1.807, 2.05) is 0 Å². The number of ether oxygens (including phenoxy) is 3. The van der Waals surface area contributed by atoms with Crippen molar-refractivity contribution in [1.29, 1.82) is 0 Å². The van der Waals surface area contributed by atoms with Gasteiger partial charge in [0.2, 0.25) is 0 Å². The summed E-state index contributed by atoms with van der Waals surface area (Å²) in [5.74, 6) is -0.764. The number of nitrogens with zero attached hydrogens (tertiary/aromatic N) is 1. The molecule has 5 nitrogen and oxygen atoms in total. The van der Waals surface area contributed by atoms with Gasteiger partial charge in [0.05, 0.1) is 13.0 Å². The van der Waals surface area contributed by atoms with Crippen LogP contribution in [0.15, 0.2) is 42.7 Å². The largest absolute Gasteiger partial charge is 0.573 e. The van der Waals surface area contributed by atoms with Gasteiger partial charge in [-0.1, -0.05) is 12.1 Å². The van der Waals surface area contributed by atoms with Gasteiger partial charge in [0.25, 0.3) is 0 Å². The van der Waals surface area contributed by atoms with Gasteiger partial charge in [-0.2, -0.15) is 0 Å². The number of hydrogen-bond acceptors (Lipinski definition) is 5. The third-order valence-corrected chi connectivity index (χ3v) is 3.09. The first-order valence-corrected chi connectivity index (χ1v) is 7.32. The maximum absolute atomic E-state index is 12.3. The molecule has 0 spiro atoms. The average molecular weight is 355 g/mol. The first-order valence-electron chi connectivity index (χ1n) is 7.32.